The van der Waals surface area contributed by atoms with Crippen molar-refractivity contribution < 1.29 is 35.4 Å². The molecule has 7 N–H and O–H groups in total. The van der Waals surface area contributed by atoms with E-state index in [9.17, 15) is 25.5 Å². The lowest BCUT2D eigenvalue weighted by molar-refractivity contribution is -0.254. The van der Waals surface area contributed by atoms with E-state index in [1.54, 1.807) is 0 Å². The summed E-state index contributed by atoms with van der Waals surface area (Å²) >= 11 is 0. The van der Waals surface area contributed by atoms with Crippen LogP contribution in [0.5, 0.6) is 11.5 Å². The molecule has 1 aromatic rings. The highest BCUT2D eigenvalue weighted by Crippen LogP contribution is 2.23. The van der Waals surface area contributed by atoms with Gasteiger partial charge >= 0.3 is 0 Å². The molecule has 8 nitrogen and oxygen atoms in total. The average molecular weight is 315 g/mol. The van der Waals surface area contributed by atoms with Crippen LogP contribution in [0.2, 0.25) is 0 Å². The van der Waals surface area contributed by atoms with Crippen LogP contribution in [0.4, 0.5) is 0 Å². The summed E-state index contributed by atoms with van der Waals surface area (Å²) in [5, 5.41) is 60.4. The zero-order valence-electron chi connectivity index (χ0n) is 11.8. The van der Waals surface area contributed by atoms with Crippen molar-refractivity contribution in [1.29, 1.82) is 0 Å². The Labute approximate surface area is 127 Å². The summed E-state index contributed by atoms with van der Waals surface area (Å²) in [5.41, 5.74) is 0.502. The summed E-state index contributed by atoms with van der Waals surface area (Å²) in [6.07, 6.45) is -4.72. The summed E-state index contributed by atoms with van der Waals surface area (Å²) in [7, 11) is 0. The molecule has 0 saturated carbocycles. The molecule has 0 bridgehead atoms. The van der Waals surface area contributed by atoms with E-state index in [0.29, 0.717) is 12.0 Å². The predicted octanol–water partition coefficient (Wildman–Crippen LogP) is -1.97. The van der Waals surface area contributed by atoms with E-state index in [4.69, 9.17) is 9.84 Å². The number of aliphatic hydroxyl groups is 4. The molecule has 1 heterocycles. The molecule has 0 aliphatic carbocycles. The van der Waals surface area contributed by atoms with Gasteiger partial charge in [0.2, 0.25) is 0 Å². The minimum Gasteiger partial charge on any atom is -0.508 e. The normalized spacial score (nSPS) is 32.1. The van der Waals surface area contributed by atoms with Gasteiger partial charge in [-0.1, -0.05) is 0 Å². The Bertz CT molecular complexity index is 498. The Hall–Kier alpha value is -1.42. The smallest absolute Gasteiger partial charge is 0.173 e. The van der Waals surface area contributed by atoms with Crippen molar-refractivity contribution in [3.8, 4) is 11.5 Å². The predicted molar refractivity (Wildman–Crippen MR) is 75.2 cm³/mol. The molecule has 0 spiro atoms. The van der Waals surface area contributed by atoms with Gasteiger partial charge in [0.15, 0.2) is 6.29 Å². The molecule has 124 valence electrons. The third-order valence-corrected chi connectivity index (χ3v) is 3.74. The molecule has 1 saturated heterocycles. The number of phenolic OH excluding ortho intramolecular Hbond substituents is 2. The molecule has 1 aromatic carbocycles. The third-order valence-electron chi connectivity index (χ3n) is 3.74. The maximum Gasteiger partial charge on any atom is 0.173 e. The maximum atomic E-state index is 9.95. The van der Waals surface area contributed by atoms with Gasteiger partial charge in [0, 0.05) is 0 Å². The number of benzene rings is 1. The molecule has 5 atom stereocenters. The highest BCUT2D eigenvalue weighted by molar-refractivity contribution is 5.38. The number of aliphatic hydroxyl groups excluding tert-OH is 4. The second-order valence-electron chi connectivity index (χ2n) is 5.27. The van der Waals surface area contributed by atoms with Crippen molar-refractivity contribution >= 4 is 0 Å². The summed E-state index contributed by atoms with van der Waals surface area (Å²) in [4.78, 5) is 0. The fraction of sp³-hybridized carbons (Fsp3) is 0.571. The fourth-order valence-electron chi connectivity index (χ4n) is 2.46. The number of hydrogen-bond donors (Lipinski definition) is 7. The topological polar surface area (TPSA) is 143 Å². The Morgan fingerprint density at radius 1 is 1.09 bits per heavy atom. The standard InChI is InChI=1S/C14H21NO7/c16-6-10-12(19)13(20)11(14(21)22-10)15-4-3-7-5-8(17)1-2-9(7)18/h1-2,5,10-21H,3-4,6H2/t10-,11-,12+,13-,14?/m1/s1. The molecule has 0 amide bonds. The molecule has 22 heavy (non-hydrogen) atoms. The van der Waals surface area contributed by atoms with Crippen LogP contribution in [0.3, 0.4) is 0 Å². The minimum atomic E-state index is -1.38. The van der Waals surface area contributed by atoms with Gasteiger partial charge in [-0.25, -0.2) is 0 Å². The van der Waals surface area contributed by atoms with Crippen LogP contribution in [0.15, 0.2) is 18.2 Å². The van der Waals surface area contributed by atoms with Crippen molar-refractivity contribution in [3.05, 3.63) is 23.8 Å². The van der Waals surface area contributed by atoms with Crippen molar-refractivity contribution in [1.82, 2.24) is 5.32 Å². The van der Waals surface area contributed by atoms with Crippen LogP contribution >= 0.6 is 0 Å². The second-order valence-corrected chi connectivity index (χ2v) is 5.27. The van der Waals surface area contributed by atoms with Crippen LogP contribution in [-0.4, -0.2) is 74.4 Å². The minimum absolute atomic E-state index is 0.0232. The second kappa shape index (κ2) is 7.23. The Balaban J connectivity index is 1.92. The first-order chi connectivity index (χ1) is 10.4. The van der Waals surface area contributed by atoms with Crippen molar-refractivity contribution in [2.24, 2.45) is 0 Å². The number of rotatable bonds is 5. The van der Waals surface area contributed by atoms with Crippen LogP contribution in [0.25, 0.3) is 0 Å². The Kier molecular flexibility index (Phi) is 5.57. The molecule has 0 aromatic heterocycles. The lowest BCUT2D eigenvalue weighted by atomic mass is 9.97. The van der Waals surface area contributed by atoms with Gasteiger partial charge in [0.05, 0.1) is 12.6 Å². The summed E-state index contributed by atoms with van der Waals surface area (Å²) in [6, 6.07) is 3.21. The molecule has 8 heteroatoms. The van der Waals surface area contributed by atoms with Crippen LogP contribution in [-0.2, 0) is 11.2 Å². The third kappa shape index (κ3) is 3.67. The Morgan fingerprint density at radius 3 is 2.50 bits per heavy atom. The monoisotopic (exact) mass is 315 g/mol. The zero-order valence-corrected chi connectivity index (χ0v) is 11.8. The lowest BCUT2D eigenvalue weighted by Gasteiger charge is -2.40. The van der Waals surface area contributed by atoms with E-state index in [1.807, 2.05) is 0 Å². The molecule has 1 unspecified atom stereocenters. The highest BCUT2D eigenvalue weighted by atomic mass is 16.6. The first kappa shape index (κ1) is 16.9. The molecule has 0 radical (unpaired) electrons. The summed E-state index contributed by atoms with van der Waals surface area (Å²) in [5.74, 6) is 0.0519. The maximum absolute atomic E-state index is 9.95. The summed E-state index contributed by atoms with van der Waals surface area (Å²) in [6.45, 7) is -0.255. The van der Waals surface area contributed by atoms with Crippen LogP contribution < -0.4 is 5.32 Å². The van der Waals surface area contributed by atoms with Crippen LogP contribution in [0, 0.1) is 0 Å². The van der Waals surface area contributed by atoms with Gasteiger partial charge in [0.25, 0.3) is 0 Å². The lowest BCUT2D eigenvalue weighted by Crippen LogP contribution is -2.63. The van der Waals surface area contributed by atoms with E-state index < -0.39 is 37.3 Å². The largest absolute Gasteiger partial charge is 0.508 e. The average Bonchev–Trinajstić information content (AvgIpc) is 2.49. The first-order valence-corrected chi connectivity index (χ1v) is 6.98. The first-order valence-electron chi connectivity index (χ1n) is 6.98. The van der Waals surface area contributed by atoms with Gasteiger partial charge in [-0.05, 0) is 36.7 Å². The molecule has 2 rings (SSSR count). The van der Waals surface area contributed by atoms with E-state index in [1.165, 1.54) is 18.2 Å². The van der Waals surface area contributed by atoms with E-state index >= 15 is 0 Å². The summed E-state index contributed by atoms with van der Waals surface area (Å²) < 4.78 is 5.02. The number of hydrogen-bond acceptors (Lipinski definition) is 8. The number of aromatic hydroxyl groups is 2. The SMILES string of the molecule is OC[C@H]1OC(O)[C@H](NCCc2cc(O)ccc2O)[C@@H](O)[C@H]1O. The van der Waals surface area contributed by atoms with E-state index in [0.717, 1.165) is 0 Å². The van der Waals surface area contributed by atoms with Gasteiger partial charge < -0.3 is 40.7 Å². The van der Waals surface area contributed by atoms with Crippen LogP contribution in [0.1, 0.15) is 5.56 Å². The van der Waals surface area contributed by atoms with Gasteiger partial charge in [-0.2, -0.15) is 0 Å². The van der Waals surface area contributed by atoms with Crippen molar-refractivity contribution in [2.75, 3.05) is 13.2 Å². The number of ether oxygens (including phenoxy) is 1. The van der Waals surface area contributed by atoms with Gasteiger partial charge in [-0.15, -0.1) is 0 Å². The fourth-order valence-corrected chi connectivity index (χ4v) is 2.46. The molecule has 1 fully saturated rings. The zero-order chi connectivity index (χ0) is 16.3. The number of phenols is 2. The molecular formula is C14H21NO7. The quantitative estimate of drug-likeness (QED) is 0.310. The van der Waals surface area contributed by atoms with Gasteiger partial charge in [-0.3, -0.25) is 0 Å². The van der Waals surface area contributed by atoms with E-state index in [-0.39, 0.29) is 18.0 Å². The molecule has 1 aliphatic rings. The Morgan fingerprint density at radius 2 is 1.82 bits per heavy atom. The van der Waals surface area contributed by atoms with Crippen molar-refractivity contribution in [3.63, 3.8) is 0 Å². The number of nitrogens with one attached hydrogen (secondary N) is 1. The highest BCUT2D eigenvalue weighted by Gasteiger charge is 2.43. The van der Waals surface area contributed by atoms with E-state index in [2.05, 4.69) is 5.32 Å². The molecular weight excluding hydrogens is 294 g/mol. The molecule has 1 aliphatic heterocycles. The van der Waals surface area contributed by atoms with Gasteiger partial charge in [0.1, 0.15) is 29.8 Å². The van der Waals surface area contributed by atoms with Crippen molar-refractivity contribution in [2.45, 2.75) is 37.1 Å².